The monoisotopic (exact) mass is 862 g/mol. The van der Waals surface area contributed by atoms with Crippen molar-refractivity contribution in [2.75, 3.05) is 66.2 Å². The van der Waals surface area contributed by atoms with E-state index in [1.807, 2.05) is 6.92 Å². The predicted molar refractivity (Wildman–Crippen MR) is 211 cm³/mol. The number of fused-ring (bicyclic) bond motifs is 2. The second-order valence-electron chi connectivity index (χ2n) is 14.2. The third-order valence-corrected chi connectivity index (χ3v) is 13.5. The van der Waals surface area contributed by atoms with Gasteiger partial charge in [0.15, 0.2) is 19.2 Å². The van der Waals surface area contributed by atoms with Gasteiger partial charge in [0.1, 0.15) is 30.0 Å². The van der Waals surface area contributed by atoms with Crippen LogP contribution in [0.4, 0.5) is 4.79 Å². The molecule has 3 aliphatic heterocycles. The van der Waals surface area contributed by atoms with Crippen LogP contribution in [0.1, 0.15) is 37.3 Å². The van der Waals surface area contributed by atoms with Gasteiger partial charge in [0, 0.05) is 13.1 Å². The number of aliphatic hydroxyl groups is 1. The third-order valence-electron chi connectivity index (χ3n) is 10.0. The zero-order valence-electron chi connectivity index (χ0n) is 33.1. The van der Waals surface area contributed by atoms with E-state index in [0.29, 0.717) is 35.7 Å². The predicted octanol–water partition coefficient (Wildman–Crippen LogP) is 4.47. The van der Waals surface area contributed by atoms with Gasteiger partial charge < -0.3 is 48.1 Å². The van der Waals surface area contributed by atoms with Gasteiger partial charge in [0.25, 0.3) is 0 Å². The molecule has 0 saturated carbocycles. The maximum absolute atomic E-state index is 13.8. The molecule has 59 heavy (non-hydrogen) atoms. The van der Waals surface area contributed by atoms with Crippen LogP contribution >= 0.6 is 7.60 Å². The van der Waals surface area contributed by atoms with Crippen LogP contribution in [0.15, 0.2) is 77.7 Å². The maximum Gasteiger partial charge on any atom is 0.407 e. The summed E-state index contributed by atoms with van der Waals surface area (Å²) in [6.07, 6.45) is -2.71. The van der Waals surface area contributed by atoms with E-state index in [9.17, 15) is 27.7 Å². The van der Waals surface area contributed by atoms with Crippen LogP contribution in [0.25, 0.3) is 0 Å². The number of rotatable bonds is 20. The summed E-state index contributed by atoms with van der Waals surface area (Å²) in [7, 11) is -6.38. The Morgan fingerprint density at radius 1 is 1.02 bits per heavy atom. The Hall–Kier alpha value is -4.26. The highest BCUT2D eigenvalue weighted by molar-refractivity contribution is 7.89. The summed E-state index contributed by atoms with van der Waals surface area (Å²) in [6.45, 7) is 3.69. The first kappa shape index (κ1) is 44.3. The number of ether oxygens (including phenoxy) is 7. The number of β-amino-alcohol motifs (C(OH)–C–C–N with tert-alkyl or cyclic N) is 1. The van der Waals surface area contributed by atoms with Crippen LogP contribution in [0.3, 0.4) is 0 Å². The SMILES string of the molecule is CCOC(=O)COP(=O)(COCCOc1ccc(C[C@H](NC(=O)O[C@H]2CO[C@H]3OCC[C@H]32)[C@H](O)CN2CC(C)c3cc(OC)ccc3S2(=O)=O)cc1)Oc1ccccc1. The molecule has 2 fully saturated rings. The molecule has 17 nitrogen and oxygen atoms in total. The van der Waals surface area contributed by atoms with E-state index in [0.717, 1.165) is 0 Å². The molecular formula is C40H51N2O15PS. The van der Waals surface area contributed by atoms with E-state index >= 15 is 0 Å². The van der Waals surface area contributed by atoms with E-state index < -0.39 is 67.2 Å². The van der Waals surface area contributed by atoms with Crippen molar-refractivity contribution in [3.05, 3.63) is 83.9 Å². The molecule has 3 aliphatic rings. The molecule has 3 aromatic rings. The molecule has 2 N–H and O–H groups in total. The lowest BCUT2D eigenvalue weighted by Crippen LogP contribution is -2.52. The fraction of sp³-hybridized carbons (Fsp3) is 0.500. The Labute approximate surface area is 343 Å². The lowest BCUT2D eigenvalue weighted by molar-refractivity contribution is -0.145. The largest absolute Gasteiger partial charge is 0.497 e. The van der Waals surface area contributed by atoms with Gasteiger partial charge in [-0.2, -0.15) is 4.31 Å². The van der Waals surface area contributed by atoms with Gasteiger partial charge in [-0.25, -0.2) is 22.6 Å². The number of nitrogens with zero attached hydrogens (tertiary/aromatic N) is 1. The first-order valence-electron chi connectivity index (χ1n) is 19.4. The number of hydrogen-bond acceptors (Lipinski definition) is 15. The zero-order chi connectivity index (χ0) is 42.0. The normalized spacial score (nSPS) is 22.8. The summed E-state index contributed by atoms with van der Waals surface area (Å²) in [5, 5.41) is 14.4. The van der Waals surface area contributed by atoms with E-state index in [4.69, 9.17) is 42.2 Å². The second kappa shape index (κ2) is 20.3. The van der Waals surface area contributed by atoms with Crippen molar-refractivity contribution in [3.8, 4) is 17.2 Å². The van der Waals surface area contributed by atoms with E-state index in [1.54, 1.807) is 73.7 Å². The van der Waals surface area contributed by atoms with Crippen molar-refractivity contribution in [1.29, 1.82) is 0 Å². The highest BCUT2D eigenvalue weighted by Gasteiger charge is 2.44. The van der Waals surface area contributed by atoms with Crippen LogP contribution in [-0.2, 0) is 54.0 Å². The molecule has 19 heteroatoms. The minimum absolute atomic E-state index is 0.00274. The average Bonchev–Trinajstić information content (AvgIpc) is 3.85. The molecule has 7 atom stereocenters. The van der Waals surface area contributed by atoms with E-state index in [-0.39, 0.29) is 68.4 Å². The van der Waals surface area contributed by atoms with Crippen molar-refractivity contribution in [2.24, 2.45) is 5.92 Å². The average molecular weight is 863 g/mol. The summed E-state index contributed by atoms with van der Waals surface area (Å²) in [6, 6.07) is 19.1. The Kier molecular flexibility index (Phi) is 15.3. The number of benzene rings is 3. The Bertz CT molecular complexity index is 2020. The molecule has 322 valence electrons. The van der Waals surface area contributed by atoms with Gasteiger partial charge >= 0.3 is 19.7 Å². The maximum atomic E-state index is 13.8. The Balaban J connectivity index is 1.06. The number of hydrogen-bond donors (Lipinski definition) is 2. The fourth-order valence-electron chi connectivity index (χ4n) is 7.03. The highest BCUT2D eigenvalue weighted by Crippen LogP contribution is 2.48. The number of amides is 1. The number of para-hydroxylation sites is 1. The molecular weight excluding hydrogens is 811 g/mol. The summed E-state index contributed by atoms with van der Waals surface area (Å²) in [5.74, 6) is 0.318. The molecule has 2 saturated heterocycles. The number of methoxy groups -OCH3 is 1. The number of esters is 1. The molecule has 0 aromatic heterocycles. The molecule has 2 unspecified atom stereocenters. The summed E-state index contributed by atoms with van der Waals surface area (Å²) >= 11 is 0. The minimum atomic E-state index is -3.98. The molecule has 0 bridgehead atoms. The first-order valence-corrected chi connectivity index (χ1v) is 22.5. The number of alkyl carbamates (subject to hydrolysis) is 1. The van der Waals surface area contributed by atoms with Gasteiger partial charge in [0.05, 0.1) is 56.5 Å². The number of nitrogens with one attached hydrogen (secondary N) is 1. The first-order chi connectivity index (χ1) is 28.4. The van der Waals surface area contributed by atoms with Crippen LogP contribution in [-0.4, -0.2) is 121 Å². The van der Waals surface area contributed by atoms with Crippen molar-refractivity contribution in [2.45, 2.75) is 62.0 Å². The van der Waals surface area contributed by atoms with Crippen LogP contribution in [0, 0.1) is 5.92 Å². The molecule has 3 heterocycles. The Morgan fingerprint density at radius 3 is 2.53 bits per heavy atom. The number of carbonyl (C=O) groups is 2. The van der Waals surface area contributed by atoms with Crippen molar-refractivity contribution in [1.82, 2.24) is 9.62 Å². The highest BCUT2D eigenvalue weighted by atomic mass is 32.2. The van der Waals surface area contributed by atoms with Gasteiger partial charge in [0.2, 0.25) is 10.0 Å². The number of sulfonamides is 1. The van der Waals surface area contributed by atoms with Gasteiger partial charge in [-0.1, -0.05) is 37.3 Å². The number of carbonyl (C=O) groups excluding carboxylic acids is 2. The minimum Gasteiger partial charge on any atom is -0.497 e. The summed E-state index contributed by atoms with van der Waals surface area (Å²) in [5.41, 5.74) is 1.34. The van der Waals surface area contributed by atoms with Crippen LogP contribution < -0.4 is 19.3 Å². The zero-order valence-corrected chi connectivity index (χ0v) is 34.8. The van der Waals surface area contributed by atoms with E-state index in [1.165, 1.54) is 17.5 Å². The third kappa shape index (κ3) is 11.7. The molecule has 0 spiro atoms. The fourth-order valence-corrected chi connectivity index (χ4v) is 10.2. The van der Waals surface area contributed by atoms with Gasteiger partial charge in [-0.15, -0.1) is 0 Å². The summed E-state index contributed by atoms with van der Waals surface area (Å²) < 4.78 is 91.5. The van der Waals surface area contributed by atoms with Gasteiger partial charge in [-0.3, -0.25) is 4.52 Å². The van der Waals surface area contributed by atoms with E-state index in [2.05, 4.69) is 5.32 Å². The van der Waals surface area contributed by atoms with Crippen LogP contribution in [0.5, 0.6) is 17.2 Å². The summed E-state index contributed by atoms with van der Waals surface area (Å²) in [4.78, 5) is 25.3. The van der Waals surface area contributed by atoms with Crippen molar-refractivity contribution < 1.29 is 69.9 Å². The lowest BCUT2D eigenvalue weighted by Gasteiger charge is -2.35. The quantitative estimate of drug-likeness (QED) is 0.0915. The van der Waals surface area contributed by atoms with Crippen molar-refractivity contribution in [3.63, 3.8) is 0 Å². The topological polar surface area (TPSA) is 204 Å². The number of aliphatic hydroxyl groups excluding tert-OH is 1. The standard InChI is InChI=1S/C40H51N2O15PS/c1-4-51-38(44)25-55-58(46,57-30-8-6-5-7-9-30)26-50-18-19-52-29-12-10-28(11-13-29)20-34(41-40(45)56-36-24-54-39-32(36)16-17-53-39)35(43)23-42-22-27(2)33-21-31(49-3)14-15-37(33)59(42,47)48/h5-15,21,27,32,34-36,39,43H,4,16-20,22-26H2,1-3H3,(H,41,45)/t27?,32-,34-,35+,36-,39+,58?/m0/s1. The molecule has 0 radical (unpaired) electrons. The lowest BCUT2D eigenvalue weighted by atomic mass is 9.99. The second-order valence-corrected chi connectivity index (χ2v) is 18.1. The molecule has 0 aliphatic carbocycles. The Morgan fingerprint density at radius 2 is 1.78 bits per heavy atom. The van der Waals surface area contributed by atoms with Crippen LogP contribution in [0.2, 0.25) is 0 Å². The smallest absolute Gasteiger partial charge is 0.407 e. The van der Waals surface area contributed by atoms with Crippen molar-refractivity contribution >= 4 is 29.7 Å². The van der Waals surface area contributed by atoms with Gasteiger partial charge in [-0.05, 0) is 79.3 Å². The molecule has 3 aromatic carbocycles. The molecule has 6 rings (SSSR count). The molecule has 1 amide bonds.